The number of hydrogen-bond acceptors (Lipinski definition) is 15. The van der Waals surface area contributed by atoms with Crippen LogP contribution in [-0.2, 0) is 51.4 Å². The monoisotopic (exact) mass is 1910 g/mol. The predicted octanol–water partition coefficient (Wildman–Crippen LogP) is 26.0. The summed E-state index contributed by atoms with van der Waals surface area (Å²) in [6, 6.07) is 67.8. The molecule has 127 heavy (non-hydrogen) atoms. The Morgan fingerprint density at radius 2 is 0.583 bits per heavy atom. The molecule has 0 radical (unpaired) electrons. The molecule has 2 atom stereocenters. The fourth-order valence-electron chi connectivity index (χ4n) is 12.9. The summed E-state index contributed by atoms with van der Waals surface area (Å²) in [6.45, 7) is 43.7. The minimum atomic E-state index is 0. The lowest BCUT2D eigenvalue weighted by Crippen LogP contribution is -2.03. The molecule has 0 fully saturated rings. The minimum absolute atomic E-state index is 0. The molecule has 4 heterocycles. The summed E-state index contributed by atoms with van der Waals surface area (Å²) < 4.78 is 1.71. The number of hydrogen-bond donors (Lipinski definition) is 1. The fourth-order valence-corrected chi connectivity index (χ4v) is 12.9. The molecule has 0 saturated heterocycles. The van der Waals surface area contributed by atoms with E-state index in [9.17, 15) is 0 Å². The lowest BCUT2D eigenvalue weighted by atomic mass is 9.95. The quantitative estimate of drug-likeness (QED) is 0.0286. The van der Waals surface area contributed by atoms with E-state index >= 15 is 0 Å². The van der Waals surface area contributed by atoms with Gasteiger partial charge in [-0.1, -0.05) is 240 Å². The summed E-state index contributed by atoms with van der Waals surface area (Å²) >= 11 is 4.81. The highest BCUT2D eigenvalue weighted by molar-refractivity contribution is 14.1. The van der Waals surface area contributed by atoms with E-state index in [1.807, 2.05) is 164 Å². The molecule has 0 aliphatic carbocycles. The predicted molar refractivity (Wildman–Crippen MR) is 543 cm³/mol. The topological polar surface area (TPSA) is 272 Å². The Bertz CT molecular complexity index is 5610. The normalized spacial score (nSPS) is 10.4. The number of halogens is 2. The summed E-state index contributed by atoms with van der Waals surface area (Å²) in [6.07, 6.45) is 27.2. The molecule has 8 aromatic carbocycles. The number of rotatable bonds is 22. The highest BCUT2D eigenvalue weighted by atomic mass is 127. The summed E-state index contributed by atoms with van der Waals surface area (Å²) in [5, 5.41) is 51.8. The summed E-state index contributed by atoms with van der Waals surface area (Å²) in [7, 11) is 0. The summed E-state index contributed by atoms with van der Waals surface area (Å²) in [5.74, 6) is 3.17. The molecule has 15 nitrogen and oxygen atoms in total. The maximum absolute atomic E-state index is 8.92. The van der Waals surface area contributed by atoms with Gasteiger partial charge in [-0.2, -0.15) is 31.6 Å². The summed E-state index contributed by atoms with van der Waals surface area (Å²) in [4.78, 5) is 36.6. The van der Waals surface area contributed by atoms with Gasteiger partial charge in [0.25, 0.3) is 0 Å². The second kappa shape index (κ2) is 58.8. The smallest absolute Gasteiger partial charge is 0.132 e. The molecule has 0 saturated carbocycles. The van der Waals surface area contributed by atoms with Crippen LogP contribution >= 0.6 is 45.2 Å². The molecule has 17 heteroatoms. The average molecular weight is 1910 g/mol. The highest BCUT2D eigenvalue weighted by Crippen LogP contribution is 2.26. The maximum Gasteiger partial charge on any atom is 0.132 e. The molecule has 0 bridgehead atoms. The van der Waals surface area contributed by atoms with Crippen LogP contribution in [0.2, 0.25) is 0 Å². The van der Waals surface area contributed by atoms with Gasteiger partial charge >= 0.3 is 0 Å². The number of nitrogens with two attached hydrogens (primary N) is 1. The van der Waals surface area contributed by atoms with E-state index < -0.39 is 0 Å². The molecule has 12 rings (SSSR count). The highest BCUT2D eigenvalue weighted by Gasteiger charge is 2.14. The van der Waals surface area contributed by atoms with Crippen LogP contribution in [0, 0.1) is 137 Å². The van der Waals surface area contributed by atoms with Crippen molar-refractivity contribution < 1.29 is 0 Å². The third-order valence-electron chi connectivity index (χ3n) is 19.6. The molecule has 0 aliphatic heterocycles. The van der Waals surface area contributed by atoms with Crippen LogP contribution in [0.1, 0.15) is 235 Å². The lowest BCUT2D eigenvalue weighted by molar-refractivity contribution is 0.911. The number of benzene rings is 8. The first-order chi connectivity index (χ1) is 60.0. The van der Waals surface area contributed by atoms with Crippen LogP contribution in [0.5, 0.6) is 0 Å². The van der Waals surface area contributed by atoms with Crippen molar-refractivity contribution in [3.05, 3.63) is 437 Å². The van der Waals surface area contributed by atoms with Crippen LogP contribution in [0.3, 0.4) is 0 Å². The first kappa shape index (κ1) is 108. The van der Waals surface area contributed by atoms with Gasteiger partial charge in [0.1, 0.15) is 23.3 Å². The molecular weight excluding hydrogens is 1790 g/mol. The van der Waals surface area contributed by atoms with Crippen LogP contribution in [-0.4, -0.2) is 47.7 Å². The maximum atomic E-state index is 8.92. The Labute approximate surface area is 785 Å². The number of allylic oxidation sites excluding steroid dienone is 5. The van der Waals surface area contributed by atoms with Gasteiger partial charge in [0, 0.05) is 125 Å². The van der Waals surface area contributed by atoms with Crippen molar-refractivity contribution in [1.82, 2.24) is 39.9 Å². The van der Waals surface area contributed by atoms with E-state index in [4.69, 9.17) is 57.2 Å². The number of aromatic nitrogens is 8. The van der Waals surface area contributed by atoms with E-state index in [-0.39, 0.29) is 14.9 Å². The molecule has 2 unspecified atom stereocenters. The molecule has 4 aromatic heterocycles. The Hall–Kier alpha value is -13.3. The zero-order valence-corrected chi connectivity index (χ0v) is 79.0. The largest absolute Gasteiger partial charge is 0.399 e. The van der Waals surface area contributed by atoms with Gasteiger partial charge in [0.15, 0.2) is 0 Å². The van der Waals surface area contributed by atoms with Crippen molar-refractivity contribution in [3.63, 3.8) is 0 Å². The van der Waals surface area contributed by atoms with Gasteiger partial charge < -0.3 is 5.73 Å². The van der Waals surface area contributed by atoms with Crippen LogP contribution < -0.4 is 5.73 Å². The van der Waals surface area contributed by atoms with E-state index in [2.05, 4.69) is 261 Å². The number of nitrogens with zero attached hydrogens (tertiary/aromatic N) is 14. The molecule has 12 aromatic rings. The average Bonchev–Trinajstić information content (AvgIpc) is 0.841. The lowest BCUT2D eigenvalue weighted by Gasteiger charge is -2.12. The van der Waals surface area contributed by atoms with E-state index in [1.54, 1.807) is 24.4 Å². The first-order valence-electron chi connectivity index (χ1n) is 41.2. The molecule has 0 amide bonds. The molecule has 0 aliphatic rings. The van der Waals surface area contributed by atoms with E-state index in [0.29, 0.717) is 53.6 Å². The van der Waals surface area contributed by atoms with Crippen molar-refractivity contribution in [2.75, 3.05) is 0 Å². The molecular formula is C110H121I2N15. The SMILES string of the molecule is C.C.C=C(N)/C=C\c1cc(C)c(Cc2ccnc(Cc3ccc(C#N)cc3)n2)c(C)c1.C=CC#N.C=CC=C.CCC(C)I.CCC(C)I.Cc1cc(/C=C\C#N)cc(C)c1Cc1ccnc(Cc2ccc(C#N)cc2)n1.Cc1cc(C)c(Cc2ccnc(Cc3ccc(C#N)cc3)n2)c(C)c1.Cc1cc(C)c(Cc2ccnc(Cc3ccc(C#N)cc3)n2)c(C)c1. The van der Waals surface area contributed by atoms with E-state index in [1.165, 1.54) is 103 Å². The third kappa shape index (κ3) is 40.1. The number of alkyl halides is 2. The van der Waals surface area contributed by atoms with Crippen molar-refractivity contribution in [3.8, 4) is 36.4 Å². The second-order valence-electron chi connectivity index (χ2n) is 30.1. The zero-order chi connectivity index (χ0) is 91.8. The Morgan fingerprint density at radius 3 is 0.772 bits per heavy atom. The molecule has 2 N–H and O–H groups in total. The van der Waals surface area contributed by atoms with Crippen molar-refractivity contribution in [1.29, 1.82) is 31.6 Å². The Balaban J connectivity index is 0.000000407. The Morgan fingerprint density at radius 1 is 0.362 bits per heavy atom. The zero-order valence-electron chi connectivity index (χ0n) is 74.7. The number of nitriles is 6. The van der Waals surface area contributed by atoms with E-state index in [0.717, 1.165) is 113 Å². The molecule has 0 spiro atoms. The minimum Gasteiger partial charge on any atom is -0.399 e. The number of aryl methyl sites for hydroxylation is 10. The van der Waals surface area contributed by atoms with Crippen molar-refractivity contribution in [2.24, 2.45) is 5.73 Å². The third-order valence-corrected chi connectivity index (χ3v) is 21.4. The van der Waals surface area contributed by atoms with Crippen molar-refractivity contribution >= 4 is 57.3 Å². The standard InChI is InChI=1S/C25H24N4.C24H20N4.2C22H21N3.2C4H9I.C4H6.C3H3N.2CH4/c1-17-12-22(5-4-19(3)27)13-18(2)24(17)15-23-10-11-28-25(29-23)14-20-6-8-21(16-26)9-7-20;1-17-12-21(4-3-10-25)13-18(2)23(17)15-22-9-11-27-24(28-22)14-19-5-7-20(16-26)8-6-19;2*1-15-10-16(2)21(17(3)11-15)13-20-8-9-24-22(25-20)12-18-4-6-19(14-23)7-5-18;2*1-3-4(2)5;1-3-4-2;1-2-3-4;;/h4-13H,3,14-15,27H2,1-2H3;3-9,11-13H,14-15H2,1-2H3;2*4-11H,12-13H2,1-3H3;2*4H,3H2,1-2H3;3-4H,1-2H2;2H,1H2;2*1H4/b5-4-;4-3-;;;;;;;;. The van der Waals surface area contributed by atoms with Crippen LogP contribution in [0.4, 0.5) is 0 Å². The first-order valence-corrected chi connectivity index (χ1v) is 43.7. The summed E-state index contributed by atoms with van der Waals surface area (Å²) in [5.41, 5.74) is 37.2. The van der Waals surface area contributed by atoms with Gasteiger partial charge in [0.05, 0.1) is 58.7 Å². The fraction of sp³-hybridized carbons (Fsp3) is 0.255. The van der Waals surface area contributed by atoms with Crippen molar-refractivity contribution in [2.45, 2.75) is 184 Å². The van der Waals surface area contributed by atoms with Gasteiger partial charge in [-0.3, -0.25) is 0 Å². The molecule has 650 valence electrons. The van der Waals surface area contributed by atoms with Gasteiger partial charge in [-0.25, -0.2) is 39.9 Å². The van der Waals surface area contributed by atoms with Gasteiger partial charge in [-0.05, 0) is 267 Å². The van der Waals surface area contributed by atoms with Gasteiger partial charge in [-0.15, -0.1) is 0 Å². The van der Waals surface area contributed by atoms with Gasteiger partial charge in [0.2, 0.25) is 0 Å². The second-order valence-corrected chi connectivity index (χ2v) is 34.3. The Kier molecular flexibility index (Phi) is 49.9. The van der Waals surface area contributed by atoms with Crippen LogP contribution in [0.15, 0.2) is 257 Å². The van der Waals surface area contributed by atoms with Crippen LogP contribution in [0.25, 0.3) is 12.2 Å².